The lowest BCUT2D eigenvalue weighted by Crippen LogP contribution is -2.41. The summed E-state index contributed by atoms with van der Waals surface area (Å²) in [5, 5.41) is 0. The zero-order chi connectivity index (χ0) is 16.4. The van der Waals surface area contributed by atoms with E-state index in [9.17, 15) is 4.79 Å². The molecule has 5 heteroatoms. The van der Waals surface area contributed by atoms with Crippen LogP contribution in [0.25, 0.3) is 0 Å². The molecule has 0 spiro atoms. The number of likely N-dealkylation sites (tertiary alicyclic amines) is 1. The van der Waals surface area contributed by atoms with Gasteiger partial charge in [0.05, 0.1) is 12.7 Å². The van der Waals surface area contributed by atoms with Crippen LogP contribution in [-0.4, -0.2) is 35.0 Å². The number of ether oxygens (including phenoxy) is 1. The predicted octanol–water partition coefficient (Wildman–Crippen LogP) is 3.37. The zero-order valence-corrected chi connectivity index (χ0v) is 13.7. The zero-order valence-electron chi connectivity index (χ0n) is 13.7. The summed E-state index contributed by atoms with van der Waals surface area (Å²) in [6, 6.07) is 10.2. The summed E-state index contributed by atoms with van der Waals surface area (Å²) in [4.78, 5) is 18.7. The number of rotatable bonds is 5. The average molecular weight is 326 g/mol. The van der Waals surface area contributed by atoms with Crippen molar-refractivity contribution < 1.29 is 13.9 Å². The van der Waals surface area contributed by atoms with Gasteiger partial charge in [-0.05, 0) is 31.2 Å². The van der Waals surface area contributed by atoms with Crippen molar-refractivity contribution in [3.63, 3.8) is 0 Å². The van der Waals surface area contributed by atoms with Gasteiger partial charge in [0.2, 0.25) is 0 Å². The molecule has 126 valence electrons. The van der Waals surface area contributed by atoms with Crippen molar-refractivity contribution in [3.8, 4) is 0 Å². The molecule has 0 atom stereocenters. The van der Waals surface area contributed by atoms with Gasteiger partial charge in [-0.1, -0.05) is 30.3 Å². The largest absolute Gasteiger partial charge is 0.447 e. The lowest BCUT2D eigenvalue weighted by molar-refractivity contribution is -0.000539. The summed E-state index contributed by atoms with van der Waals surface area (Å²) in [5.74, 6) is 1.19. The molecule has 24 heavy (non-hydrogen) atoms. The monoisotopic (exact) mass is 326 g/mol. The molecule has 1 aromatic carbocycles. The Morgan fingerprint density at radius 1 is 1.17 bits per heavy atom. The first-order valence-corrected chi connectivity index (χ1v) is 8.69. The third-order valence-electron chi connectivity index (χ3n) is 4.80. The molecule has 5 nitrogen and oxygen atoms in total. The Hall–Kier alpha value is -2.14. The summed E-state index contributed by atoms with van der Waals surface area (Å²) in [6.45, 7) is 2.07. The van der Waals surface area contributed by atoms with Crippen LogP contribution in [0.1, 0.15) is 53.4 Å². The number of oxazole rings is 1. The first kappa shape index (κ1) is 15.4. The van der Waals surface area contributed by atoms with E-state index in [-0.39, 0.29) is 12.0 Å². The summed E-state index contributed by atoms with van der Waals surface area (Å²) >= 11 is 0. The Balaban J connectivity index is 1.29. The highest BCUT2D eigenvalue weighted by molar-refractivity contribution is 5.93. The second-order valence-corrected chi connectivity index (χ2v) is 6.63. The molecule has 1 aliphatic heterocycles. The van der Waals surface area contributed by atoms with Gasteiger partial charge in [-0.25, -0.2) is 4.98 Å². The fourth-order valence-electron chi connectivity index (χ4n) is 3.21. The molecule has 2 aromatic rings. The molecule has 1 amide bonds. The van der Waals surface area contributed by atoms with Crippen molar-refractivity contribution in [2.45, 2.75) is 44.3 Å². The van der Waals surface area contributed by atoms with Crippen molar-refractivity contribution in [2.75, 3.05) is 13.1 Å². The molecule has 1 aromatic heterocycles. The molecule has 1 saturated carbocycles. The molecule has 0 bridgehead atoms. The van der Waals surface area contributed by atoms with Crippen LogP contribution < -0.4 is 0 Å². The van der Waals surface area contributed by atoms with Gasteiger partial charge in [-0.2, -0.15) is 0 Å². The van der Waals surface area contributed by atoms with Crippen molar-refractivity contribution >= 4 is 5.91 Å². The van der Waals surface area contributed by atoms with Crippen molar-refractivity contribution in [3.05, 3.63) is 53.7 Å². The van der Waals surface area contributed by atoms with E-state index in [2.05, 4.69) is 17.1 Å². The SMILES string of the molecule is O=C(c1ncoc1C1CC1)N1CCC(OCc2ccccc2)CC1. The van der Waals surface area contributed by atoms with Gasteiger partial charge < -0.3 is 14.1 Å². The highest BCUT2D eigenvalue weighted by Crippen LogP contribution is 2.41. The Bertz CT molecular complexity index is 686. The molecule has 2 fully saturated rings. The molecule has 4 rings (SSSR count). The maximum Gasteiger partial charge on any atom is 0.276 e. The Labute approximate surface area is 141 Å². The van der Waals surface area contributed by atoms with Crippen molar-refractivity contribution in [2.24, 2.45) is 0 Å². The van der Waals surface area contributed by atoms with Gasteiger partial charge in [-0.3, -0.25) is 4.79 Å². The van der Waals surface area contributed by atoms with Crippen molar-refractivity contribution in [1.29, 1.82) is 0 Å². The number of hydrogen-bond acceptors (Lipinski definition) is 4. The molecular formula is C19H22N2O3. The maximum atomic E-state index is 12.7. The van der Waals surface area contributed by atoms with Crippen molar-refractivity contribution in [1.82, 2.24) is 9.88 Å². The Morgan fingerprint density at radius 2 is 1.92 bits per heavy atom. The van der Waals surface area contributed by atoms with E-state index in [1.54, 1.807) is 0 Å². The molecule has 0 unspecified atom stereocenters. The van der Waals surface area contributed by atoms with Gasteiger partial charge in [0.25, 0.3) is 5.91 Å². The first-order valence-electron chi connectivity index (χ1n) is 8.69. The number of carbonyl (C=O) groups excluding carboxylic acids is 1. The van der Waals surface area contributed by atoms with E-state index in [1.165, 1.54) is 12.0 Å². The number of nitrogens with zero attached hydrogens (tertiary/aromatic N) is 2. The lowest BCUT2D eigenvalue weighted by atomic mass is 10.1. The fourth-order valence-corrected chi connectivity index (χ4v) is 3.21. The van der Waals surface area contributed by atoms with Crippen LogP contribution in [0.15, 0.2) is 41.1 Å². The molecular weight excluding hydrogens is 304 g/mol. The van der Waals surface area contributed by atoms with E-state index >= 15 is 0 Å². The van der Waals surface area contributed by atoms with Crippen LogP contribution in [0.4, 0.5) is 0 Å². The summed E-state index contributed by atoms with van der Waals surface area (Å²) in [5.41, 5.74) is 1.70. The molecule has 2 heterocycles. The van der Waals surface area contributed by atoms with Gasteiger partial charge in [0.15, 0.2) is 12.1 Å². The smallest absolute Gasteiger partial charge is 0.276 e. The standard InChI is InChI=1S/C19H22N2O3/c22-19(17-18(15-6-7-15)24-13-20-17)21-10-8-16(9-11-21)23-12-14-4-2-1-3-5-14/h1-5,13,15-16H,6-12H2. The van der Waals surface area contributed by atoms with Crippen LogP contribution in [0.3, 0.4) is 0 Å². The molecule has 1 saturated heterocycles. The third-order valence-corrected chi connectivity index (χ3v) is 4.80. The minimum atomic E-state index is 0.00663. The van der Waals surface area contributed by atoms with Crippen LogP contribution in [-0.2, 0) is 11.3 Å². The van der Waals surface area contributed by atoms with E-state index in [0.29, 0.717) is 18.2 Å². The maximum absolute atomic E-state index is 12.7. The van der Waals surface area contributed by atoms with Crippen LogP contribution >= 0.6 is 0 Å². The molecule has 0 radical (unpaired) electrons. The highest BCUT2D eigenvalue weighted by atomic mass is 16.5. The van der Waals surface area contributed by atoms with E-state index in [4.69, 9.17) is 9.15 Å². The lowest BCUT2D eigenvalue weighted by Gasteiger charge is -2.31. The second-order valence-electron chi connectivity index (χ2n) is 6.63. The van der Waals surface area contributed by atoms with Gasteiger partial charge in [0, 0.05) is 19.0 Å². The number of amides is 1. The second kappa shape index (κ2) is 6.77. The van der Waals surface area contributed by atoms with Gasteiger partial charge >= 0.3 is 0 Å². The minimum absolute atomic E-state index is 0.00663. The molecule has 1 aliphatic carbocycles. The van der Waals surface area contributed by atoms with Gasteiger partial charge in [0.1, 0.15) is 5.76 Å². The fraction of sp³-hybridized carbons (Fsp3) is 0.474. The summed E-state index contributed by atoms with van der Waals surface area (Å²) < 4.78 is 11.4. The first-order chi connectivity index (χ1) is 11.8. The Kier molecular flexibility index (Phi) is 4.34. The summed E-state index contributed by atoms with van der Waals surface area (Å²) in [7, 11) is 0. The summed E-state index contributed by atoms with van der Waals surface area (Å²) in [6.07, 6.45) is 5.56. The van der Waals surface area contributed by atoms with Gasteiger partial charge in [-0.15, -0.1) is 0 Å². The topological polar surface area (TPSA) is 55.6 Å². The number of hydrogen-bond donors (Lipinski definition) is 0. The number of piperidine rings is 1. The van der Waals surface area contributed by atoms with E-state index in [0.717, 1.165) is 44.5 Å². The molecule has 0 N–H and O–H groups in total. The molecule has 2 aliphatic rings. The minimum Gasteiger partial charge on any atom is -0.447 e. The highest BCUT2D eigenvalue weighted by Gasteiger charge is 2.34. The number of aromatic nitrogens is 1. The van der Waals surface area contributed by atoms with E-state index in [1.807, 2.05) is 23.1 Å². The normalized spacial score (nSPS) is 18.8. The third kappa shape index (κ3) is 3.36. The van der Waals surface area contributed by atoms with Crippen LogP contribution in [0.5, 0.6) is 0 Å². The quantitative estimate of drug-likeness (QED) is 0.845. The number of benzene rings is 1. The Morgan fingerprint density at radius 3 is 2.62 bits per heavy atom. The average Bonchev–Trinajstić information content (AvgIpc) is 3.37. The van der Waals surface area contributed by atoms with E-state index < -0.39 is 0 Å². The van der Waals surface area contributed by atoms with Crippen LogP contribution in [0.2, 0.25) is 0 Å². The number of carbonyl (C=O) groups is 1. The van der Waals surface area contributed by atoms with Crippen LogP contribution in [0, 0.1) is 0 Å². The predicted molar refractivity (Wildman–Crippen MR) is 88.6 cm³/mol.